The summed E-state index contributed by atoms with van der Waals surface area (Å²) in [6.07, 6.45) is 1.46. The number of carbonyl (C=O) groups is 1. The van der Waals surface area contributed by atoms with Crippen LogP contribution >= 0.6 is 0 Å². The van der Waals surface area contributed by atoms with E-state index < -0.39 is 5.69 Å². The van der Waals surface area contributed by atoms with E-state index in [1.54, 1.807) is 21.0 Å². The highest BCUT2D eigenvalue weighted by Gasteiger charge is 2.18. The molecule has 7 nitrogen and oxygen atoms in total. The third-order valence-corrected chi connectivity index (χ3v) is 3.08. The summed E-state index contributed by atoms with van der Waals surface area (Å²) in [5.41, 5.74) is 5.06. The Balaban J connectivity index is 3.05. The van der Waals surface area contributed by atoms with Crippen LogP contribution in [0.15, 0.2) is 15.8 Å². The van der Waals surface area contributed by atoms with E-state index in [4.69, 9.17) is 5.73 Å². The van der Waals surface area contributed by atoms with Crippen molar-refractivity contribution in [3.63, 3.8) is 0 Å². The summed E-state index contributed by atoms with van der Waals surface area (Å²) in [5, 5.41) is 0. The zero-order valence-corrected chi connectivity index (χ0v) is 11.7. The number of carbonyl (C=O) groups excluding carboxylic acids is 1. The molecule has 0 aliphatic carbocycles. The second-order valence-corrected chi connectivity index (χ2v) is 4.74. The van der Waals surface area contributed by atoms with Crippen LogP contribution in [0, 0.1) is 5.92 Å². The van der Waals surface area contributed by atoms with Crippen molar-refractivity contribution in [2.24, 2.45) is 25.7 Å². The Hall–Kier alpha value is -1.89. The number of hydrogen-bond donors (Lipinski definition) is 1. The molecule has 1 aromatic heterocycles. The third kappa shape index (κ3) is 3.11. The predicted octanol–water partition coefficient (Wildman–Crippen LogP) is -1.36. The van der Waals surface area contributed by atoms with Crippen molar-refractivity contribution in [2.45, 2.75) is 13.5 Å². The average Bonchev–Trinajstić information content (AvgIpc) is 2.40. The molecule has 0 fully saturated rings. The molecule has 0 aliphatic rings. The average molecular weight is 268 g/mol. The maximum Gasteiger partial charge on any atom is 0.330 e. The predicted molar refractivity (Wildman–Crippen MR) is 71.6 cm³/mol. The molecule has 1 heterocycles. The quantitative estimate of drug-likeness (QED) is 0.730. The summed E-state index contributed by atoms with van der Waals surface area (Å²) in [4.78, 5) is 36.8. The summed E-state index contributed by atoms with van der Waals surface area (Å²) in [6, 6.07) is 0. The topological polar surface area (TPSA) is 90.3 Å². The molecule has 1 amide bonds. The number of nitrogens with zero attached hydrogens (tertiary/aromatic N) is 3. The van der Waals surface area contributed by atoms with Gasteiger partial charge >= 0.3 is 5.69 Å². The smallest absolute Gasteiger partial charge is 0.330 e. The number of amides is 1. The summed E-state index contributed by atoms with van der Waals surface area (Å²) >= 11 is 0. The summed E-state index contributed by atoms with van der Waals surface area (Å²) in [6.45, 7) is 2.15. The van der Waals surface area contributed by atoms with Crippen LogP contribution in [0.4, 0.5) is 0 Å². The van der Waals surface area contributed by atoms with Crippen molar-refractivity contribution in [3.05, 3.63) is 32.6 Å². The lowest BCUT2D eigenvalue weighted by molar-refractivity contribution is -0.133. The lowest BCUT2D eigenvalue weighted by atomic mass is 10.1. The van der Waals surface area contributed by atoms with Gasteiger partial charge in [-0.1, -0.05) is 6.92 Å². The van der Waals surface area contributed by atoms with Crippen molar-refractivity contribution in [1.82, 2.24) is 14.0 Å². The van der Waals surface area contributed by atoms with Crippen molar-refractivity contribution in [1.29, 1.82) is 0 Å². The van der Waals surface area contributed by atoms with Gasteiger partial charge in [0.25, 0.3) is 5.56 Å². The van der Waals surface area contributed by atoms with Gasteiger partial charge in [-0.05, 0) is 0 Å². The van der Waals surface area contributed by atoms with E-state index in [0.29, 0.717) is 5.56 Å². The molecule has 0 spiro atoms. The van der Waals surface area contributed by atoms with Crippen LogP contribution in [0.25, 0.3) is 0 Å². The molecule has 0 bridgehead atoms. The first kappa shape index (κ1) is 15.2. The minimum Gasteiger partial charge on any atom is -0.341 e. The lowest BCUT2D eigenvalue weighted by Crippen LogP contribution is -2.41. The molecule has 0 aliphatic heterocycles. The van der Waals surface area contributed by atoms with Gasteiger partial charge in [0.15, 0.2) is 0 Å². The zero-order chi connectivity index (χ0) is 14.7. The minimum atomic E-state index is -0.391. The molecule has 19 heavy (non-hydrogen) atoms. The number of aryl methyl sites for hydroxylation is 1. The van der Waals surface area contributed by atoms with Crippen molar-refractivity contribution < 1.29 is 4.79 Å². The van der Waals surface area contributed by atoms with E-state index >= 15 is 0 Å². The van der Waals surface area contributed by atoms with Gasteiger partial charge < -0.3 is 15.2 Å². The molecule has 106 valence electrons. The Bertz CT molecular complexity index is 588. The highest BCUT2D eigenvalue weighted by Crippen LogP contribution is 2.02. The fourth-order valence-electron chi connectivity index (χ4n) is 1.80. The first-order chi connectivity index (χ1) is 8.79. The molecular weight excluding hydrogens is 248 g/mol. The van der Waals surface area contributed by atoms with Gasteiger partial charge in [-0.3, -0.25) is 14.2 Å². The fourth-order valence-corrected chi connectivity index (χ4v) is 1.80. The van der Waals surface area contributed by atoms with Gasteiger partial charge in [0.1, 0.15) is 0 Å². The standard InChI is InChI=1S/C12H20N4O3/c1-8(5-13)10(17)14(2)6-9-7-15(3)12(19)16(4)11(9)18/h7-8H,5-6,13H2,1-4H3. The van der Waals surface area contributed by atoms with E-state index in [-0.39, 0.29) is 30.5 Å². The van der Waals surface area contributed by atoms with Crippen molar-refractivity contribution in [2.75, 3.05) is 13.6 Å². The maximum absolute atomic E-state index is 11.9. The van der Waals surface area contributed by atoms with Gasteiger partial charge in [-0.15, -0.1) is 0 Å². The summed E-state index contributed by atoms with van der Waals surface area (Å²) in [5.74, 6) is -0.417. The Morgan fingerprint density at radius 2 is 2.00 bits per heavy atom. The third-order valence-electron chi connectivity index (χ3n) is 3.08. The van der Waals surface area contributed by atoms with E-state index in [1.165, 1.54) is 22.7 Å². The Morgan fingerprint density at radius 1 is 1.42 bits per heavy atom. The first-order valence-corrected chi connectivity index (χ1v) is 6.00. The maximum atomic E-state index is 11.9. The lowest BCUT2D eigenvalue weighted by Gasteiger charge is -2.20. The van der Waals surface area contributed by atoms with Gasteiger partial charge in [0.2, 0.25) is 5.91 Å². The van der Waals surface area contributed by atoms with Crippen LogP contribution in [0.2, 0.25) is 0 Å². The van der Waals surface area contributed by atoms with Gasteiger partial charge in [-0.2, -0.15) is 0 Å². The van der Waals surface area contributed by atoms with Crippen molar-refractivity contribution >= 4 is 5.91 Å². The van der Waals surface area contributed by atoms with Crippen molar-refractivity contribution in [3.8, 4) is 0 Å². The molecule has 1 atom stereocenters. The molecule has 2 N–H and O–H groups in total. The molecule has 1 unspecified atom stereocenters. The molecule has 0 saturated heterocycles. The second kappa shape index (κ2) is 5.83. The number of aromatic nitrogens is 2. The van der Waals surface area contributed by atoms with Crippen LogP contribution in [0.5, 0.6) is 0 Å². The first-order valence-electron chi connectivity index (χ1n) is 6.00. The number of hydrogen-bond acceptors (Lipinski definition) is 4. The highest BCUT2D eigenvalue weighted by atomic mass is 16.2. The van der Waals surface area contributed by atoms with Crippen LogP contribution < -0.4 is 17.0 Å². The fraction of sp³-hybridized carbons (Fsp3) is 0.583. The molecule has 1 aromatic rings. The number of nitrogens with two attached hydrogens (primary N) is 1. The Morgan fingerprint density at radius 3 is 2.53 bits per heavy atom. The zero-order valence-electron chi connectivity index (χ0n) is 11.7. The Kier molecular flexibility index (Phi) is 4.66. The van der Waals surface area contributed by atoms with E-state index in [0.717, 1.165) is 4.57 Å². The van der Waals surface area contributed by atoms with Gasteiger partial charge in [-0.25, -0.2) is 4.79 Å². The largest absolute Gasteiger partial charge is 0.341 e. The van der Waals surface area contributed by atoms with E-state index in [2.05, 4.69) is 0 Å². The Labute approximate surface area is 111 Å². The molecule has 1 rings (SSSR count). The summed E-state index contributed by atoms with van der Waals surface area (Å²) in [7, 11) is 4.59. The van der Waals surface area contributed by atoms with Crippen LogP contribution in [0.3, 0.4) is 0 Å². The van der Waals surface area contributed by atoms with Crippen LogP contribution in [-0.2, 0) is 25.4 Å². The molecule has 0 radical (unpaired) electrons. The SMILES string of the molecule is CC(CN)C(=O)N(C)Cc1cn(C)c(=O)n(C)c1=O. The molecule has 0 aromatic carbocycles. The van der Waals surface area contributed by atoms with Gasteiger partial charge in [0, 0.05) is 39.8 Å². The van der Waals surface area contributed by atoms with E-state index in [9.17, 15) is 14.4 Å². The molecule has 0 saturated carbocycles. The second-order valence-electron chi connectivity index (χ2n) is 4.74. The number of rotatable bonds is 4. The van der Waals surface area contributed by atoms with Gasteiger partial charge in [0.05, 0.1) is 12.1 Å². The highest BCUT2D eigenvalue weighted by molar-refractivity contribution is 5.78. The summed E-state index contributed by atoms with van der Waals surface area (Å²) < 4.78 is 2.35. The van der Waals surface area contributed by atoms with E-state index in [1.807, 2.05) is 0 Å². The molecule has 7 heteroatoms. The molecular formula is C12H20N4O3. The van der Waals surface area contributed by atoms with Crippen LogP contribution in [-0.4, -0.2) is 33.5 Å². The monoisotopic (exact) mass is 268 g/mol. The van der Waals surface area contributed by atoms with Crippen LogP contribution in [0.1, 0.15) is 12.5 Å². The minimum absolute atomic E-state index is 0.126. The normalized spacial score (nSPS) is 12.3.